The highest BCUT2D eigenvalue weighted by Crippen LogP contribution is 2.22. The third kappa shape index (κ3) is 3.60. The van der Waals surface area contributed by atoms with Crippen molar-refractivity contribution in [1.29, 1.82) is 0 Å². The Labute approximate surface area is 142 Å². The minimum atomic E-state index is -0.278. The second kappa shape index (κ2) is 7.22. The number of hydrogen-bond acceptors (Lipinski definition) is 5. The van der Waals surface area contributed by atoms with Gasteiger partial charge in [-0.1, -0.05) is 13.0 Å². The number of aryl methyl sites for hydroxylation is 1. The number of nitrogens with zero attached hydrogens (tertiary/aromatic N) is 3. The molecule has 0 bridgehead atoms. The Bertz CT molecular complexity index is 882. The van der Waals surface area contributed by atoms with E-state index in [1.165, 1.54) is 17.0 Å². The molecular weight excluding hydrogens is 326 g/mol. The third-order valence-corrected chi connectivity index (χ3v) is 4.44. The number of thiophene rings is 1. The van der Waals surface area contributed by atoms with Gasteiger partial charge in [0.1, 0.15) is 0 Å². The smallest absolute Gasteiger partial charge is 0.271 e. The van der Waals surface area contributed by atoms with E-state index in [1.54, 1.807) is 17.4 Å². The van der Waals surface area contributed by atoms with Crippen LogP contribution in [0.25, 0.3) is 10.6 Å². The Morgan fingerprint density at radius 2 is 2.29 bits per heavy atom. The van der Waals surface area contributed by atoms with Gasteiger partial charge in [-0.05, 0) is 23.9 Å². The summed E-state index contributed by atoms with van der Waals surface area (Å²) >= 11 is 1.57. The molecule has 24 heavy (non-hydrogen) atoms. The molecule has 0 saturated heterocycles. The summed E-state index contributed by atoms with van der Waals surface area (Å²) in [6.45, 7) is 2.64. The van der Waals surface area contributed by atoms with Crippen molar-refractivity contribution >= 4 is 17.2 Å². The van der Waals surface area contributed by atoms with Gasteiger partial charge in [0.05, 0.1) is 16.9 Å². The number of carbonyl (C=O) groups is 1. The van der Waals surface area contributed by atoms with Crippen LogP contribution in [-0.2, 0) is 13.0 Å². The number of rotatable bonds is 6. The summed E-state index contributed by atoms with van der Waals surface area (Å²) in [4.78, 5) is 29.2. The maximum absolute atomic E-state index is 12.1. The van der Waals surface area contributed by atoms with Crippen molar-refractivity contribution in [2.75, 3.05) is 6.54 Å². The summed E-state index contributed by atoms with van der Waals surface area (Å²) in [6.07, 6.45) is 2.23. The van der Waals surface area contributed by atoms with Crippen molar-refractivity contribution in [3.05, 3.63) is 57.7 Å². The summed E-state index contributed by atoms with van der Waals surface area (Å²) in [5.74, 6) is -0.278. The van der Waals surface area contributed by atoms with Crippen LogP contribution in [0.3, 0.4) is 0 Å². The van der Waals surface area contributed by atoms with Gasteiger partial charge in [0.25, 0.3) is 11.5 Å². The van der Waals surface area contributed by atoms with Crippen molar-refractivity contribution in [2.24, 2.45) is 0 Å². The minimum Gasteiger partial charge on any atom is -0.349 e. The van der Waals surface area contributed by atoms with E-state index in [-0.39, 0.29) is 11.5 Å². The number of aromatic amines is 1. The molecule has 3 aromatic rings. The van der Waals surface area contributed by atoms with E-state index in [4.69, 9.17) is 0 Å². The Morgan fingerprint density at radius 1 is 1.42 bits per heavy atom. The Balaban J connectivity index is 1.57. The standard InChI is InChI=1S/C16H17N5O2S/c1-2-11-8-15(22)21(10-18-11)6-5-17-16(23)13-9-12(19-20-13)14-4-3-7-24-14/h3-4,7-10H,2,5-6H2,1H3,(H,17,23)(H,19,20). The molecule has 0 spiro atoms. The molecule has 1 amide bonds. The van der Waals surface area contributed by atoms with Gasteiger partial charge in [-0.2, -0.15) is 5.10 Å². The third-order valence-electron chi connectivity index (χ3n) is 3.53. The topological polar surface area (TPSA) is 92.7 Å². The molecule has 0 aliphatic rings. The highest BCUT2D eigenvalue weighted by atomic mass is 32.1. The molecule has 3 heterocycles. The maximum atomic E-state index is 12.1. The second-order valence-corrected chi connectivity index (χ2v) is 6.11. The zero-order valence-corrected chi connectivity index (χ0v) is 14.0. The average Bonchev–Trinajstić information content (AvgIpc) is 3.27. The Morgan fingerprint density at radius 3 is 3.00 bits per heavy atom. The highest BCUT2D eigenvalue weighted by Gasteiger charge is 2.11. The van der Waals surface area contributed by atoms with Gasteiger partial charge >= 0.3 is 0 Å². The molecule has 2 N–H and O–H groups in total. The van der Waals surface area contributed by atoms with Crippen molar-refractivity contribution in [2.45, 2.75) is 19.9 Å². The molecule has 0 atom stereocenters. The van der Waals surface area contributed by atoms with Crippen molar-refractivity contribution in [1.82, 2.24) is 25.1 Å². The monoisotopic (exact) mass is 343 g/mol. The summed E-state index contributed by atoms with van der Waals surface area (Å²) in [5.41, 5.74) is 1.78. The Kier molecular flexibility index (Phi) is 4.85. The quantitative estimate of drug-likeness (QED) is 0.712. The van der Waals surface area contributed by atoms with E-state index >= 15 is 0 Å². The molecule has 0 aliphatic heterocycles. The molecule has 124 valence electrons. The lowest BCUT2D eigenvalue weighted by Crippen LogP contribution is -2.31. The summed E-state index contributed by atoms with van der Waals surface area (Å²) in [5, 5.41) is 11.6. The zero-order chi connectivity index (χ0) is 16.9. The van der Waals surface area contributed by atoms with Crippen LogP contribution < -0.4 is 10.9 Å². The molecule has 0 unspecified atom stereocenters. The second-order valence-electron chi connectivity index (χ2n) is 5.17. The number of aromatic nitrogens is 4. The first-order valence-corrected chi connectivity index (χ1v) is 8.48. The molecule has 0 fully saturated rings. The van der Waals surface area contributed by atoms with Crippen LogP contribution in [0.2, 0.25) is 0 Å². The van der Waals surface area contributed by atoms with Crippen LogP contribution in [0.15, 0.2) is 40.8 Å². The van der Waals surface area contributed by atoms with E-state index in [0.29, 0.717) is 18.8 Å². The SMILES string of the molecule is CCc1cc(=O)n(CCNC(=O)c2cc(-c3cccs3)[nH]n2)cn1. The lowest BCUT2D eigenvalue weighted by Gasteiger charge is -2.06. The van der Waals surface area contributed by atoms with E-state index in [2.05, 4.69) is 20.5 Å². The van der Waals surface area contributed by atoms with Crippen LogP contribution >= 0.6 is 11.3 Å². The molecule has 0 saturated carbocycles. The van der Waals surface area contributed by atoms with Gasteiger partial charge in [0, 0.05) is 24.8 Å². The van der Waals surface area contributed by atoms with Gasteiger partial charge in [0.15, 0.2) is 5.69 Å². The first kappa shape index (κ1) is 16.1. The van der Waals surface area contributed by atoms with Crippen LogP contribution in [0.1, 0.15) is 23.1 Å². The lowest BCUT2D eigenvalue weighted by atomic mass is 10.3. The fourth-order valence-electron chi connectivity index (χ4n) is 2.20. The van der Waals surface area contributed by atoms with Crippen LogP contribution in [0, 0.1) is 0 Å². The first-order chi connectivity index (χ1) is 11.7. The number of H-pyrrole nitrogens is 1. The molecular formula is C16H17N5O2S. The van der Waals surface area contributed by atoms with Crippen molar-refractivity contribution in [3.8, 4) is 10.6 Å². The number of carbonyl (C=O) groups excluding carboxylic acids is 1. The lowest BCUT2D eigenvalue weighted by molar-refractivity contribution is 0.0947. The molecule has 7 nitrogen and oxygen atoms in total. The van der Waals surface area contributed by atoms with Crippen LogP contribution in [0.4, 0.5) is 0 Å². The number of hydrogen-bond donors (Lipinski definition) is 2. The molecule has 8 heteroatoms. The van der Waals surface area contributed by atoms with E-state index < -0.39 is 0 Å². The fourth-order valence-corrected chi connectivity index (χ4v) is 2.89. The number of nitrogens with one attached hydrogen (secondary N) is 2. The van der Waals surface area contributed by atoms with Crippen LogP contribution in [0.5, 0.6) is 0 Å². The van der Waals surface area contributed by atoms with Gasteiger partial charge in [-0.15, -0.1) is 11.3 Å². The predicted octanol–water partition coefficient (Wildman–Crippen LogP) is 1.69. The normalized spacial score (nSPS) is 10.7. The van der Waals surface area contributed by atoms with E-state index in [0.717, 1.165) is 22.7 Å². The highest BCUT2D eigenvalue weighted by molar-refractivity contribution is 7.13. The molecule has 3 rings (SSSR count). The molecule has 0 radical (unpaired) electrons. The molecule has 3 aromatic heterocycles. The van der Waals surface area contributed by atoms with Crippen LogP contribution in [-0.4, -0.2) is 32.2 Å². The van der Waals surface area contributed by atoms with E-state index in [1.807, 2.05) is 24.4 Å². The predicted molar refractivity (Wildman–Crippen MR) is 92.1 cm³/mol. The summed E-state index contributed by atoms with van der Waals surface area (Å²) in [6, 6.07) is 7.13. The number of amides is 1. The molecule has 0 aliphatic carbocycles. The minimum absolute atomic E-state index is 0.115. The maximum Gasteiger partial charge on any atom is 0.271 e. The zero-order valence-electron chi connectivity index (χ0n) is 13.2. The van der Waals surface area contributed by atoms with Gasteiger partial charge in [-0.25, -0.2) is 4.98 Å². The Hall–Kier alpha value is -2.74. The van der Waals surface area contributed by atoms with Crippen molar-refractivity contribution < 1.29 is 4.79 Å². The van der Waals surface area contributed by atoms with Gasteiger partial charge < -0.3 is 5.32 Å². The first-order valence-electron chi connectivity index (χ1n) is 7.60. The summed E-state index contributed by atoms with van der Waals surface area (Å²) in [7, 11) is 0. The largest absolute Gasteiger partial charge is 0.349 e. The van der Waals surface area contributed by atoms with E-state index in [9.17, 15) is 9.59 Å². The fraction of sp³-hybridized carbons (Fsp3) is 0.250. The van der Waals surface area contributed by atoms with Gasteiger partial charge in [0.2, 0.25) is 0 Å². The van der Waals surface area contributed by atoms with Gasteiger partial charge in [-0.3, -0.25) is 19.3 Å². The summed E-state index contributed by atoms with van der Waals surface area (Å²) < 4.78 is 1.47. The molecule has 0 aromatic carbocycles. The average molecular weight is 343 g/mol. The van der Waals surface area contributed by atoms with Crippen molar-refractivity contribution in [3.63, 3.8) is 0 Å².